The summed E-state index contributed by atoms with van der Waals surface area (Å²) in [6.07, 6.45) is 4.41. The van der Waals surface area contributed by atoms with Gasteiger partial charge in [0.05, 0.1) is 18.7 Å². The molecule has 1 aliphatic carbocycles. The Bertz CT molecular complexity index is 1390. The Balaban J connectivity index is 1.30. The van der Waals surface area contributed by atoms with Crippen molar-refractivity contribution in [1.82, 2.24) is 4.98 Å². The molecule has 1 saturated heterocycles. The van der Waals surface area contributed by atoms with Gasteiger partial charge in [0.2, 0.25) is 0 Å². The molecule has 0 radical (unpaired) electrons. The van der Waals surface area contributed by atoms with Crippen LogP contribution in [0.2, 0.25) is 0 Å². The second-order valence-corrected chi connectivity index (χ2v) is 9.55. The van der Waals surface area contributed by atoms with Crippen LogP contribution in [0.15, 0.2) is 72.9 Å². The number of ketones is 1. The molecule has 2 fully saturated rings. The first kappa shape index (κ1) is 21.8. The van der Waals surface area contributed by atoms with Gasteiger partial charge in [0.25, 0.3) is 0 Å². The van der Waals surface area contributed by atoms with Gasteiger partial charge in [0.1, 0.15) is 0 Å². The van der Waals surface area contributed by atoms with Gasteiger partial charge in [-0.25, -0.2) is 0 Å². The zero-order chi connectivity index (χ0) is 23.8. The number of nitrogen functional groups attached to an aromatic ring is 1. The van der Waals surface area contributed by atoms with Crippen molar-refractivity contribution in [1.29, 1.82) is 0 Å². The van der Waals surface area contributed by atoms with E-state index in [1.807, 2.05) is 42.5 Å². The molecular formula is C30H29N3O2. The molecule has 0 atom stereocenters. The Hall–Kier alpha value is -3.70. The van der Waals surface area contributed by atoms with Crippen LogP contribution in [0.3, 0.4) is 0 Å². The number of benzene rings is 3. The molecule has 3 aromatic carbocycles. The van der Waals surface area contributed by atoms with Crippen molar-refractivity contribution in [2.75, 3.05) is 36.9 Å². The van der Waals surface area contributed by atoms with E-state index in [0.717, 1.165) is 53.9 Å². The summed E-state index contributed by atoms with van der Waals surface area (Å²) < 4.78 is 5.55. The molecule has 0 bridgehead atoms. The second-order valence-electron chi connectivity index (χ2n) is 9.55. The monoisotopic (exact) mass is 463 g/mol. The summed E-state index contributed by atoms with van der Waals surface area (Å²) >= 11 is 0. The topological polar surface area (TPSA) is 68.5 Å². The maximum absolute atomic E-state index is 13.3. The van der Waals surface area contributed by atoms with E-state index in [1.54, 1.807) is 6.20 Å². The molecule has 0 spiro atoms. The number of anilines is 2. The van der Waals surface area contributed by atoms with Crippen molar-refractivity contribution < 1.29 is 9.53 Å². The van der Waals surface area contributed by atoms with E-state index < -0.39 is 0 Å². The molecule has 1 aromatic heterocycles. The zero-order valence-corrected chi connectivity index (χ0v) is 19.7. The molecule has 2 N–H and O–H groups in total. The number of hydrogen-bond donors (Lipinski definition) is 1. The summed E-state index contributed by atoms with van der Waals surface area (Å²) in [5.41, 5.74) is 14.2. The Labute approximate surface area is 205 Å². The molecule has 0 amide bonds. The third-order valence-corrected chi connectivity index (χ3v) is 7.13. The lowest BCUT2D eigenvalue weighted by atomic mass is 9.96. The highest BCUT2D eigenvalue weighted by Gasteiger charge is 2.31. The molecule has 6 rings (SSSR count). The first-order chi connectivity index (χ1) is 17.2. The number of nitrogens with two attached hydrogens (primary N) is 1. The molecule has 2 aliphatic rings. The van der Waals surface area contributed by atoms with Gasteiger partial charge in [0, 0.05) is 53.6 Å². The van der Waals surface area contributed by atoms with Crippen molar-refractivity contribution in [3.63, 3.8) is 0 Å². The molecule has 4 aromatic rings. The number of fused-ring (bicyclic) bond motifs is 1. The lowest BCUT2D eigenvalue weighted by molar-refractivity contribution is 0.0993. The van der Waals surface area contributed by atoms with Crippen molar-refractivity contribution in [3.8, 4) is 11.1 Å². The van der Waals surface area contributed by atoms with Crippen LogP contribution in [0.5, 0.6) is 0 Å². The number of aromatic nitrogens is 1. The summed E-state index contributed by atoms with van der Waals surface area (Å²) in [4.78, 5) is 20.5. The standard InChI is InChI=1S/C30H29N3O2/c31-26-10-8-22(20-4-2-1-3-5-20)16-24(26)18-28(34)25-17-23-9-11-27(33-12-14-35-15-13-33)29(21-6-7-21)30(23)32-19-25/h1-5,8-11,16-17,19,21H,6-7,12-15,18,31H2. The van der Waals surface area contributed by atoms with Crippen molar-refractivity contribution in [3.05, 3.63) is 89.6 Å². The summed E-state index contributed by atoms with van der Waals surface area (Å²) in [5.74, 6) is 0.590. The smallest absolute Gasteiger partial charge is 0.168 e. The summed E-state index contributed by atoms with van der Waals surface area (Å²) in [6, 6.07) is 22.4. The lowest BCUT2D eigenvalue weighted by Gasteiger charge is -2.31. The van der Waals surface area contributed by atoms with Crippen LogP contribution in [-0.4, -0.2) is 37.1 Å². The van der Waals surface area contributed by atoms with Crippen LogP contribution in [-0.2, 0) is 11.2 Å². The summed E-state index contributed by atoms with van der Waals surface area (Å²) in [6.45, 7) is 3.34. The second kappa shape index (κ2) is 9.16. The summed E-state index contributed by atoms with van der Waals surface area (Å²) in [7, 11) is 0. The largest absolute Gasteiger partial charge is 0.398 e. The molecule has 1 aliphatic heterocycles. The Morgan fingerprint density at radius 1 is 0.971 bits per heavy atom. The van der Waals surface area contributed by atoms with E-state index in [9.17, 15) is 4.79 Å². The Morgan fingerprint density at radius 2 is 1.77 bits per heavy atom. The number of Topliss-reactive ketones (excluding diaryl/α,β-unsaturated/α-hetero) is 1. The number of ether oxygens (including phenoxy) is 1. The van der Waals surface area contributed by atoms with Gasteiger partial charge >= 0.3 is 0 Å². The predicted molar refractivity (Wildman–Crippen MR) is 141 cm³/mol. The van der Waals surface area contributed by atoms with Gasteiger partial charge in [-0.15, -0.1) is 0 Å². The lowest BCUT2D eigenvalue weighted by Crippen LogP contribution is -2.36. The minimum Gasteiger partial charge on any atom is -0.398 e. The third-order valence-electron chi connectivity index (χ3n) is 7.13. The van der Waals surface area contributed by atoms with Gasteiger partial charge in [-0.1, -0.05) is 42.5 Å². The number of morpholine rings is 1. The van der Waals surface area contributed by atoms with Gasteiger partial charge in [0.15, 0.2) is 5.78 Å². The first-order valence-corrected chi connectivity index (χ1v) is 12.4. The molecule has 35 heavy (non-hydrogen) atoms. The highest BCUT2D eigenvalue weighted by atomic mass is 16.5. The van der Waals surface area contributed by atoms with Crippen molar-refractivity contribution in [2.24, 2.45) is 0 Å². The van der Waals surface area contributed by atoms with E-state index in [-0.39, 0.29) is 12.2 Å². The van der Waals surface area contributed by atoms with Gasteiger partial charge < -0.3 is 15.4 Å². The van der Waals surface area contributed by atoms with E-state index in [1.165, 1.54) is 24.1 Å². The molecule has 176 valence electrons. The normalized spacial score (nSPS) is 15.9. The maximum atomic E-state index is 13.3. The SMILES string of the molecule is Nc1ccc(-c2ccccc2)cc1CC(=O)c1cnc2c(C3CC3)c(N3CCOCC3)ccc2c1. The minimum absolute atomic E-state index is 0.0292. The van der Waals surface area contributed by atoms with Crippen LogP contribution in [0.25, 0.3) is 22.0 Å². The Kier molecular flexibility index (Phi) is 5.71. The van der Waals surface area contributed by atoms with Crippen LogP contribution in [0.1, 0.15) is 40.2 Å². The average Bonchev–Trinajstić information content (AvgIpc) is 3.75. The van der Waals surface area contributed by atoms with E-state index >= 15 is 0 Å². The fourth-order valence-electron chi connectivity index (χ4n) is 5.06. The minimum atomic E-state index is 0.0292. The van der Waals surface area contributed by atoms with Gasteiger partial charge in [-0.05, 0) is 59.7 Å². The molecule has 2 heterocycles. The molecule has 1 saturated carbocycles. The number of hydrogen-bond acceptors (Lipinski definition) is 5. The third kappa shape index (κ3) is 4.40. The fourth-order valence-corrected chi connectivity index (χ4v) is 5.06. The number of carbonyl (C=O) groups excluding carboxylic acids is 1. The zero-order valence-electron chi connectivity index (χ0n) is 19.7. The maximum Gasteiger partial charge on any atom is 0.168 e. The van der Waals surface area contributed by atoms with Crippen molar-refractivity contribution >= 4 is 28.1 Å². The number of nitrogens with zero attached hydrogens (tertiary/aromatic N) is 2. The van der Waals surface area contributed by atoms with Crippen LogP contribution < -0.4 is 10.6 Å². The first-order valence-electron chi connectivity index (χ1n) is 12.4. The average molecular weight is 464 g/mol. The van der Waals surface area contributed by atoms with Crippen LogP contribution in [0.4, 0.5) is 11.4 Å². The van der Waals surface area contributed by atoms with Gasteiger partial charge in [-0.3, -0.25) is 9.78 Å². The van der Waals surface area contributed by atoms with E-state index in [2.05, 4.69) is 29.2 Å². The van der Waals surface area contributed by atoms with E-state index in [4.69, 9.17) is 15.5 Å². The highest BCUT2D eigenvalue weighted by molar-refractivity contribution is 6.01. The number of rotatable bonds is 6. The van der Waals surface area contributed by atoms with Crippen molar-refractivity contribution in [2.45, 2.75) is 25.2 Å². The predicted octanol–water partition coefficient (Wildman–Crippen LogP) is 5.62. The molecule has 5 heteroatoms. The van der Waals surface area contributed by atoms with Gasteiger partial charge in [-0.2, -0.15) is 0 Å². The molecule has 0 unspecified atom stereocenters. The molecule has 5 nitrogen and oxygen atoms in total. The fraction of sp³-hybridized carbons (Fsp3) is 0.267. The summed E-state index contributed by atoms with van der Waals surface area (Å²) in [5, 5.41) is 1.03. The van der Waals surface area contributed by atoms with Crippen LogP contribution in [0, 0.1) is 0 Å². The molecular weight excluding hydrogens is 434 g/mol. The number of carbonyl (C=O) groups is 1. The number of pyridine rings is 1. The highest BCUT2D eigenvalue weighted by Crippen LogP contribution is 2.47. The van der Waals surface area contributed by atoms with E-state index in [0.29, 0.717) is 17.2 Å². The van der Waals surface area contributed by atoms with Crippen LogP contribution >= 0.6 is 0 Å². The quantitative estimate of drug-likeness (QED) is 0.297. The Morgan fingerprint density at radius 3 is 2.54 bits per heavy atom.